The average Bonchev–Trinajstić information content (AvgIpc) is 3.19. The van der Waals surface area contributed by atoms with E-state index in [0.29, 0.717) is 0 Å². The van der Waals surface area contributed by atoms with E-state index < -0.39 is 0 Å². The summed E-state index contributed by atoms with van der Waals surface area (Å²) in [5.41, 5.74) is 3.01. The molecule has 4 heteroatoms. The van der Waals surface area contributed by atoms with Gasteiger partial charge >= 0.3 is 0 Å². The first-order valence-corrected chi connectivity index (χ1v) is 9.01. The molecule has 1 aromatic carbocycles. The monoisotopic (exact) mass is 327 g/mol. The number of hydrogen-bond donors (Lipinski definition) is 0. The Balaban J connectivity index is 1.61. The molecule has 3 rings (SSSR count). The molecule has 0 unspecified atom stereocenters. The molecule has 24 heavy (non-hydrogen) atoms. The summed E-state index contributed by atoms with van der Waals surface area (Å²) in [7, 11) is 1.98. The van der Waals surface area contributed by atoms with Crippen molar-refractivity contribution in [3.05, 3.63) is 53.9 Å². The molecule has 4 nitrogen and oxygen atoms in total. The van der Waals surface area contributed by atoms with Crippen molar-refractivity contribution in [1.82, 2.24) is 14.7 Å². The molecule has 0 bridgehead atoms. The van der Waals surface area contributed by atoms with Crippen molar-refractivity contribution in [3.63, 3.8) is 0 Å². The quantitative estimate of drug-likeness (QED) is 0.745. The maximum absolute atomic E-state index is 5.87. The third-order valence-corrected chi connectivity index (χ3v) is 5.08. The van der Waals surface area contributed by atoms with E-state index in [2.05, 4.69) is 53.5 Å². The molecular weight excluding hydrogens is 298 g/mol. The van der Waals surface area contributed by atoms with Gasteiger partial charge in [0, 0.05) is 43.9 Å². The summed E-state index contributed by atoms with van der Waals surface area (Å²) in [5, 5.41) is 4.29. The Hall–Kier alpha value is -1.65. The summed E-state index contributed by atoms with van der Waals surface area (Å²) in [6.45, 7) is 7.03. The lowest BCUT2D eigenvalue weighted by Crippen LogP contribution is -2.32. The normalized spacial score (nSPS) is 21.4. The summed E-state index contributed by atoms with van der Waals surface area (Å²) < 4.78 is 7.75. The van der Waals surface area contributed by atoms with Gasteiger partial charge in [-0.05, 0) is 38.3 Å². The second kappa shape index (κ2) is 7.95. The van der Waals surface area contributed by atoms with Gasteiger partial charge in [0.05, 0.1) is 12.8 Å². The Kier molecular flexibility index (Phi) is 5.69. The largest absolute Gasteiger partial charge is 0.381 e. The predicted octanol–water partition coefficient (Wildman–Crippen LogP) is 3.28. The zero-order chi connectivity index (χ0) is 16.8. The Morgan fingerprint density at radius 3 is 2.75 bits per heavy atom. The van der Waals surface area contributed by atoms with Crippen LogP contribution in [0.25, 0.3) is 0 Å². The fraction of sp³-hybridized carbons (Fsp3) is 0.550. The van der Waals surface area contributed by atoms with Crippen molar-refractivity contribution in [3.8, 4) is 0 Å². The molecule has 0 amide bonds. The highest BCUT2D eigenvalue weighted by Crippen LogP contribution is 2.36. The number of aromatic nitrogens is 2. The number of ether oxygens (including phenoxy) is 1. The molecule has 1 fully saturated rings. The minimum atomic E-state index is 0.286. The standard InChI is InChI=1S/C20H29N3O/c1-3-24-17-20(10-9-18-7-5-4-6-8-18)11-12-23(16-20)15-19-13-21-22(2)14-19/h4-8,13-14H,3,9-12,15-17H2,1-2H3/t20-/m1/s1. The highest BCUT2D eigenvalue weighted by Gasteiger charge is 2.37. The zero-order valence-corrected chi connectivity index (χ0v) is 14.9. The molecule has 0 saturated carbocycles. The van der Waals surface area contributed by atoms with E-state index in [-0.39, 0.29) is 5.41 Å². The van der Waals surface area contributed by atoms with E-state index in [1.165, 1.54) is 24.0 Å². The van der Waals surface area contributed by atoms with Crippen molar-refractivity contribution in [2.45, 2.75) is 32.7 Å². The number of hydrogen-bond acceptors (Lipinski definition) is 3. The molecule has 1 aliphatic heterocycles. The van der Waals surface area contributed by atoms with Crippen LogP contribution in [-0.4, -0.2) is 41.0 Å². The van der Waals surface area contributed by atoms with Gasteiger partial charge in [-0.3, -0.25) is 9.58 Å². The van der Waals surface area contributed by atoms with Crippen molar-refractivity contribution < 1.29 is 4.74 Å². The van der Waals surface area contributed by atoms with Crippen LogP contribution >= 0.6 is 0 Å². The van der Waals surface area contributed by atoms with Gasteiger partial charge in [-0.15, -0.1) is 0 Å². The van der Waals surface area contributed by atoms with Gasteiger partial charge in [-0.2, -0.15) is 5.10 Å². The number of benzene rings is 1. The molecule has 2 aromatic rings. The third kappa shape index (κ3) is 4.46. The summed E-state index contributed by atoms with van der Waals surface area (Å²) in [5.74, 6) is 0. The van der Waals surface area contributed by atoms with Crippen LogP contribution in [0.2, 0.25) is 0 Å². The van der Waals surface area contributed by atoms with E-state index in [4.69, 9.17) is 4.74 Å². The summed E-state index contributed by atoms with van der Waals surface area (Å²) >= 11 is 0. The first kappa shape index (κ1) is 17.2. The molecule has 0 aliphatic carbocycles. The maximum atomic E-state index is 5.87. The second-order valence-corrected chi connectivity index (χ2v) is 7.11. The second-order valence-electron chi connectivity index (χ2n) is 7.11. The Bertz CT molecular complexity index is 625. The predicted molar refractivity (Wildman–Crippen MR) is 96.8 cm³/mol. The molecule has 0 N–H and O–H groups in total. The first-order chi connectivity index (χ1) is 11.7. The molecule has 1 atom stereocenters. The van der Waals surface area contributed by atoms with Crippen LogP contribution in [0, 0.1) is 5.41 Å². The Morgan fingerprint density at radius 2 is 2.04 bits per heavy atom. The fourth-order valence-corrected chi connectivity index (χ4v) is 3.74. The van der Waals surface area contributed by atoms with Gasteiger partial charge in [0.1, 0.15) is 0 Å². The van der Waals surface area contributed by atoms with Crippen molar-refractivity contribution in [2.24, 2.45) is 12.5 Å². The van der Waals surface area contributed by atoms with Gasteiger partial charge in [0.25, 0.3) is 0 Å². The Morgan fingerprint density at radius 1 is 1.21 bits per heavy atom. The zero-order valence-electron chi connectivity index (χ0n) is 14.9. The van der Waals surface area contributed by atoms with Gasteiger partial charge in [-0.1, -0.05) is 30.3 Å². The maximum Gasteiger partial charge on any atom is 0.0535 e. The lowest BCUT2D eigenvalue weighted by Gasteiger charge is -2.29. The molecule has 1 aromatic heterocycles. The number of rotatable bonds is 8. The molecule has 0 spiro atoms. The lowest BCUT2D eigenvalue weighted by molar-refractivity contribution is 0.0489. The lowest BCUT2D eigenvalue weighted by atomic mass is 9.82. The molecule has 130 valence electrons. The van der Waals surface area contributed by atoms with Crippen LogP contribution in [0.1, 0.15) is 30.9 Å². The summed E-state index contributed by atoms with van der Waals surface area (Å²) in [6, 6.07) is 10.8. The topological polar surface area (TPSA) is 30.3 Å². The highest BCUT2D eigenvalue weighted by molar-refractivity contribution is 5.15. The highest BCUT2D eigenvalue weighted by atomic mass is 16.5. The van der Waals surface area contributed by atoms with Gasteiger partial charge < -0.3 is 4.74 Å². The average molecular weight is 327 g/mol. The van der Waals surface area contributed by atoms with Gasteiger partial charge in [-0.25, -0.2) is 0 Å². The Labute approximate surface area is 145 Å². The van der Waals surface area contributed by atoms with E-state index in [0.717, 1.165) is 39.3 Å². The van der Waals surface area contributed by atoms with E-state index in [1.54, 1.807) is 0 Å². The van der Waals surface area contributed by atoms with Crippen LogP contribution in [0.4, 0.5) is 0 Å². The molecule has 0 radical (unpaired) electrons. The summed E-state index contributed by atoms with van der Waals surface area (Å²) in [6.07, 6.45) is 7.65. The van der Waals surface area contributed by atoms with Crippen LogP contribution in [0.15, 0.2) is 42.7 Å². The molecule has 1 saturated heterocycles. The van der Waals surface area contributed by atoms with Crippen LogP contribution in [0.3, 0.4) is 0 Å². The van der Waals surface area contributed by atoms with Gasteiger partial charge in [0.2, 0.25) is 0 Å². The van der Waals surface area contributed by atoms with Crippen molar-refractivity contribution in [2.75, 3.05) is 26.3 Å². The van der Waals surface area contributed by atoms with E-state index in [9.17, 15) is 0 Å². The molecule has 2 heterocycles. The van der Waals surface area contributed by atoms with E-state index >= 15 is 0 Å². The van der Waals surface area contributed by atoms with Crippen LogP contribution in [0.5, 0.6) is 0 Å². The fourth-order valence-electron chi connectivity index (χ4n) is 3.74. The van der Waals surface area contributed by atoms with Gasteiger partial charge in [0.15, 0.2) is 0 Å². The van der Waals surface area contributed by atoms with Crippen LogP contribution < -0.4 is 0 Å². The van der Waals surface area contributed by atoms with Crippen molar-refractivity contribution in [1.29, 1.82) is 0 Å². The van der Waals surface area contributed by atoms with E-state index in [1.807, 2.05) is 17.9 Å². The molecular formula is C20H29N3O. The number of nitrogens with zero attached hydrogens (tertiary/aromatic N) is 3. The minimum Gasteiger partial charge on any atom is -0.381 e. The SMILES string of the molecule is CCOC[C@]1(CCc2ccccc2)CCN(Cc2cnn(C)c2)C1. The van der Waals surface area contributed by atoms with Crippen molar-refractivity contribution >= 4 is 0 Å². The molecule has 1 aliphatic rings. The minimum absolute atomic E-state index is 0.286. The number of aryl methyl sites for hydroxylation is 2. The van der Waals surface area contributed by atoms with Crippen LogP contribution in [-0.2, 0) is 24.8 Å². The summed E-state index contributed by atoms with van der Waals surface area (Å²) in [4.78, 5) is 2.56. The number of likely N-dealkylation sites (tertiary alicyclic amines) is 1. The third-order valence-electron chi connectivity index (χ3n) is 5.08. The smallest absolute Gasteiger partial charge is 0.0535 e. The first-order valence-electron chi connectivity index (χ1n) is 9.01.